The molecule has 2 rings (SSSR count). The van der Waals surface area contributed by atoms with Crippen molar-refractivity contribution in [3.8, 4) is 0 Å². The second-order valence-corrected chi connectivity index (χ2v) is 6.23. The highest BCUT2D eigenvalue weighted by Gasteiger charge is 2.44. The number of nitrogens with zero attached hydrogens (tertiary/aromatic N) is 2. The van der Waals surface area contributed by atoms with E-state index in [9.17, 15) is 14.7 Å². The van der Waals surface area contributed by atoms with Crippen LogP contribution >= 0.6 is 0 Å². The van der Waals surface area contributed by atoms with Crippen molar-refractivity contribution in [2.75, 3.05) is 6.54 Å². The maximum Gasteiger partial charge on any atom is 0.327 e. The number of carboxylic acids is 1. The molecule has 2 amide bonds. The average Bonchev–Trinajstić information content (AvgIpc) is 2.90. The van der Waals surface area contributed by atoms with Gasteiger partial charge in [0.05, 0.1) is 12.2 Å². The summed E-state index contributed by atoms with van der Waals surface area (Å²) in [5.41, 5.74) is 0.423. The Kier molecular flexibility index (Phi) is 4.20. The number of aromatic amines is 1. The van der Waals surface area contributed by atoms with E-state index in [0.29, 0.717) is 6.54 Å². The fourth-order valence-electron chi connectivity index (χ4n) is 2.93. The van der Waals surface area contributed by atoms with E-state index in [0.717, 1.165) is 18.4 Å². The Bertz CT molecular complexity index is 512. The monoisotopic (exact) mass is 294 g/mol. The van der Waals surface area contributed by atoms with Crippen LogP contribution in [0.5, 0.6) is 0 Å². The predicted octanol–water partition coefficient (Wildman–Crippen LogP) is 1.76. The first-order chi connectivity index (χ1) is 9.83. The van der Waals surface area contributed by atoms with Crippen molar-refractivity contribution in [1.82, 2.24) is 20.4 Å². The van der Waals surface area contributed by atoms with Gasteiger partial charge in [0.25, 0.3) is 0 Å². The molecule has 7 heteroatoms. The fourth-order valence-corrected chi connectivity index (χ4v) is 2.93. The van der Waals surface area contributed by atoms with Gasteiger partial charge in [-0.15, -0.1) is 0 Å². The lowest BCUT2D eigenvalue weighted by molar-refractivity contribution is -0.148. The number of carbonyl (C=O) groups is 2. The fraction of sp³-hybridized carbons (Fsp3) is 0.643. The quantitative estimate of drug-likeness (QED) is 0.791. The van der Waals surface area contributed by atoms with E-state index in [1.54, 1.807) is 12.4 Å². The Balaban J connectivity index is 2.11. The van der Waals surface area contributed by atoms with Crippen LogP contribution in [0.1, 0.15) is 45.2 Å². The Hall–Kier alpha value is -2.05. The van der Waals surface area contributed by atoms with Crippen molar-refractivity contribution in [2.24, 2.45) is 5.41 Å². The third-order valence-electron chi connectivity index (χ3n) is 4.13. The van der Waals surface area contributed by atoms with Crippen LogP contribution in [0.15, 0.2) is 12.4 Å². The van der Waals surface area contributed by atoms with E-state index in [-0.39, 0.29) is 12.1 Å². The molecule has 1 saturated heterocycles. The molecule has 2 atom stereocenters. The van der Waals surface area contributed by atoms with E-state index in [2.05, 4.69) is 15.5 Å². The van der Waals surface area contributed by atoms with Crippen LogP contribution in [0.4, 0.5) is 4.79 Å². The third-order valence-corrected chi connectivity index (χ3v) is 4.13. The molecule has 0 aromatic carbocycles. The molecule has 0 bridgehead atoms. The summed E-state index contributed by atoms with van der Waals surface area (Å²) in [6, 6.07) is -1.37. The molecule has 2 unspecified atom stereocenters. The van der Waals surface area contributed by atoms with Crippen molar-refractivity contribution in [1.29, 1.82) is 0 Å². The van der Waals surface area contributed by atoms with Crippen LogP contribution in [0.25, 0.3) is 0 Å². The number of hydrogen-bond acceptors (Lipinski definition) is 3. The van der Waals surface area contributed by atoms with Gasteiger partial charge in [-0.3, -0.25) is 5.10 Å². The first kappa shape index (κ1) is 15.3. The van der Waals surface area contributed by atoms with Gasteiger partial charge in [-0.25, -0.2) is 9.59 Å². The zero-order valence-electron chi connectivity index (χ0n) is 12.6. The standard InChI is InChI=1S/C14H22N4O3/c1-9(10-7-15-16-8-10)17-13(21)18-6-4-5-14(2,3)11(18)12(19)20/h7-9,11H,4-6H2,1-3H3,(H,15,16)(H,17,21)(H,19,20). The lowest BCUT2D eigenvalue weighted by Gasteiger charge is -2.44. The molecule has 1 fully saturated rings. The van der Waals surface area contributed by atoms with Crippen LogP contribution in [0.2, 0.25) is 0 Å². The van der Waals surface area contributed by atoms with Crippen molar-refractivity contribution >= 4 is 12.0 Å². The van der Waals surface area contributed by atoms with Crippen LogP contribution in [0.3, 0.4) is 0 Å². The van der Waals surface area contributed by atoms with Gasteiger partial charge in [-0.2, -0.15) is 5.10 Å². The molecule has 0 radical (unpaired) electrons. The molecule has 21 heavy (non-hydrogen) atoms. The number of carboxylic acid groups (broad SMARTS) is 1. The van der Waals surface area contributed by atoms with E-state index in [1.807, 2.05) is 20.8 Å². The number of amides is 2. The van der Waals surface area contributed by atoms with Crippen molar-refractivity contribution in [2.45, 2.75) is 45.7 Å². The van der Waals surface area contributed by atoms with E-state index >= 15 is 0 Å². The van der Waals surface area contributed by atoms with Crippen LogP contribution < -0.4 is 5.32 Å². The molecule has 1 aliphatic heterocycles. The summed E-state index contributed by atoms with van der Waals surface area (Å²) in [7, 11) is 0. The summed E-state index contributed by atoms with van der Waals surface area (Å²) in [4.78, 5) is 25.4. The maximum atomic E-state index is 12.4. The highest BCUT2D eigenvalue weighted by molar-refractivity contribution is 5.83. The lowest BCUT2D eigenvalue weighted by Crippen LogP contribution is -2.58. The molecule has 1 aliphatic rings. The van der Waals surface area contributed by atoms with Gasteiger partial charge < -0.3 is 15.3 Å². The van der Waals surface area contributed by atoms with Crippen molar-refractivity contribution < 1.29 is 14.7 Å². The zero-order valence-corrected chi connectivity index (χ0v) is 12.6. The lowest BCUT2D eigenvalue weighted by atomic mass is 9.76. The Morgan fingerprint density at radius 1 is 1.57 bits per heavy atom. The van der Waals surface area contributed by atoms with Crippen LogP contribution in [-0.4, -0.2) is 44.8 Å². The molecule has 116 valence electrons. The molecule has 2 heterocycles. The van der Waals surface area contributed by atoms with E-state index in [1.165, 1.54) is 4.90 Å². The minimum Gasteiger partial charge on any atom is -0.480 e. The third kappa shape index (κ3) is 3.17. The van der Waals surface area contributed by atoms with Crippen LogP contribution in [0, 0.1) is 5.41 Å². The summed E-state index contributed by atoms with van der Waals surface area (Å²) < 4.78 is 0. The summed E-state index contributed by atoms with van der Waals surface area (Å²) in [5, 5.41) is 18.9. The Labute approximate surface area is 123 Å². The predicted molar refractivity (Wildman–Crippen MR) is 76.7 cm³/mol. The smallest absolute Gasteiger partial charge is 0.327 e. The molecule has 0 spiro atoms. The number of carbonyl (C=O) groups excluding carboxylic acids is 1. The van der Waals surface area contributed by atoms with Crippen LogP contribution in [-0.2, 0) is 4.79 Å². The molecule has 0 aliphatic carbocycles. The largest absolute Gasteiger partial charge is 0.480 e. The number of piperidine rings is 1. The maximum absolute atomic E-state index is 12.4. The molecular formula is C14H22N4O3. The Morgan fingerprint density at radius 2 is 2.29 bits per heavy atom. The molecule has 1 aromatic heterocycles. The molecule has 1 aromatic rings. The molecule has 0 saturated carbocycles. The number of aromatic nitrogens is 2. The van der Waals surface area contributed by atoms with Gasteiger partial charge in [-0.1, -0.05) is 13.8 Å². The number of nitrogens with one attached hydrogen (secondary N) is 2. The second-order valence-electron chi connectivity index (χ2n) is 6.23. The van der Waals surface area contributed by atoms with Gasteiger partial charge in [0.2, 0.25) is 0 Å². The van der Waals surface area contributed by atoms with E-state index in [4.69, 9.17) is 0 Å². The number of H-pyrrole nitrogens is 1. The zero-order chi connectivity index (χ0) is 15.6. The summed E-state index contributed by atoms with van der Waals surface area (Å²) >= 11 is 0. The van der Waals surface area contributed by atoms with Gasteiger partial charge in [-0.05, 0) is 25.2 Å². The number of hydrogen-bond donors (Lipinski definition) is 3. The molecular weight excluding hydrogens is 272 g/mol. The summed E-state index contributed by atoms with van der Waals surface area (Å²) in [6.07, 6.45) is 4.95. The SMILES string of the molecule is CC(NC(=O)N1CCCC(C)(C)C1C(=O)O)c1cn[nH]c1. The second kappa shape index (κ2) is 5.75. The van der Waals surface area contributed by atoms with Gasteiger partial charge in [0.15, 0.2) is 0 Å². The summed E-state index contributed by atoms with van der Waals surface area (Å²) in [6.45, 7) is 6.09. The highest BCUT2D eigenvalue weighted by atomic mass is 16.4. The minimum atomic E-state index is -0.953. The Morgan fingerprint density at radius 3 is 2.86 bits per heavy atom. The van der Waals surface area contributed by atoms with Gasteiger partial charge >= 0.3 is 12.0 Å². The average molecular weight is 294 g/mol. The number of urea groups is 1. The van der Waals surface area contributed by atoms with Gasteiger partial charge in [0.1, 0.15) is 6.04 Å². The first-order valence-corrected chi connectivity index (χ1v) is 7.11. The number of likely N-dealkylation sites (tertiary alicyclic amines) is 1. The normalized spacial score (nSPS) is 22.6. The molecule has 7 nitrogen and oxygen atoms in total. The highest BCUT2D eigenvalue weighted by Crippen LogP contribution is 2.35. The van der Waals surface area contributed by atoms with Crippen molar-refractivity contribution in [3.63, 3.8) is 0 Å². The first-order valence-electron chi connectivity index (χ1n) is 7.11. The topological polar surface area (TPSA) is 98.3 Å². The van der Waals surface area contributed by atoms with E-state index < -0.39 is 17.4 Å². The number of aliphatic carboxylic acids is 1. The molecule has 3 N–H and O–H groups in total. The summed E-state index contributed by atoms with van der Waals surface area (Å²) in [5.74, 6) is -0.953. The van der Waals surface area contributed by atoms with Gasteiger partial charge in [0, 0.05) is 18.3 Å². The number of rotatable bonds is 3. The minimum absolute atomic E-state index is 0.226. The van der Waals surface area contributed by atoms with Crippen molar-refractivity contribution in [3.05, 3.63) is 18.0 Å².